The molecule has 0 saturated carbocycles. The van der Waals surface area contributed by atoms with Crippen LogP contribution in [0.4, 0.5) is 0 Å². The number of aromatic nitrogens is 1. The molecule has 0 fully saturated rings. The molecule has 2 heterocycles. The molecule has 0 bridgehead atoms. The minimum atomic E-state index is 0.837. The molecule has 0 amide bonds. The van der Waals surface area contributed by atoms with E-state index in [0.29, 0.717) is 0 Å². The number of hydrogen-bond donors (Lipinski definition) is 0. The standard InChI is InChI=1S/C8H9NOS/c1-2-4-10-8(3-1)7-5-11-6-9-7/h3,5-6H,1-2,4H2. The molecule has 3 heteroatoms. The minimum absolute atomic E-state index is 0.837. The summed E-state index contributed by atoms with van der Waals surface area (Å²) in [6.07, 6.45) is 4.36. The van der Waals surface area contributed by atoms with Crippen LogP contribution in [0.1, 0.15) is 18.5 Å². The number of rotatable bonds is 1. The van der Waals surface area contributed by atoms with Gasteiger partial charge in [0.05, 0.1) is 12.1 Å². The highest BCUT2D eigenvalue weighted by molar-refractivity contribution is 7.07. The summed E-state index contributed by atoms with van der Waals surface area (Å²) in [4.78, 5) is 4.17. The lowest BCUT2D eigenvalue weighted by Gasteiger charge is -2.12. The van der Waals surface area contributed by atoms with E-state index < -0.39 is 0 Å². The van der Waals surface area contributed by atoms with E-state index in [2.05, 4.69) is 11.1 Å². The highest BCUT2D eigenvalue weighted by Crippen LogP contribution is 2.20. The lowest BCUT2D eigenvalue weighted by atomic mass is 10.2. The number of hydrogen-bond acceptors (Lipinski definition) is 3. The first-order valence-corrected chi connectivity index (χ1v) is 4.62. The first-order chi connectivity index (χ1) is 5.47. The third kappa shape index (κ3) is 1.43. The van der Waals surface area contributed by atoms with Gasteiger partial charge < -0.3 is 4.74 Å². The summed E-state index contributed by atoms with van der Waals surface area (Å²) in [5.41, 5.74) is 2.81. The zero-order valence-corrected chi connectivity index (χ0v) is 6.93. The van der Waals surface area contributed by atoms with Crippen LogP contribution in [0, 0.1) is 0 Å². The van der Waals surface area contributed by atoms with Crippen LogP contribution in [-0.4, -0.2) is 11.6 Å². The van der Waals surface area contributed by atoms with Crippen LogP contribution < -0.4 is 0 Å². The third-order valence-corrected chi connectivity index (χ3v) is 2.21. The molecule has 1 aliphatic heterocycles. The Hall–Kier alpha value is -0.830. The van der Waals surface area contributed by atoms with Crippen molar-refractivity contribution in [1.82, 2.24) is 4.98 Å². The molecule has 0 N–H and O–H groups in total. The first-order valence-electron chi connectivity index (χ1n) is 3.68. The van der Waals surface area contributed by atoms with Crippen LogP contribution in [0.5, 0.6) is 0 Å². The molecule has 0 aromatic carbocycles. The second-order valence-electron chi connectivity index (χ2n) is 2.43. The maximum Gasteiger partial charge on any atom is 0.141 e. The SMILES string of the molecule is C1=C(c2cscn2)OCCC1. The van der Waals surface area contributed by atoms with Crippen LogP contribution in [0.3, 0.4) is 0 Å². The van der Waals surface area contributed by atoms with E-state index in [1.807, 2.05) is 10.9 Å². The third-order valence-electron chi connectivity index (χ3n) is 1.62. The van der Waals surface area contributed by atoms with E-state index in [1.165, 1.54) is 0 Å². The van der Waals surface area contributed by atoms with Gasteiger partial charge in [-0.2, -0.15) is 0 Å². The Kier molecular flexibility index (Phi) is 1.90. The van der Waals surface area contributed by atoms with E-state index in [9.17, 15) is 0 Å². The van der Waals surface area contributed by atoms with Gasteiger partial charge in [-0.3, -0.25) is 0 Å². The zero-order valence-electron chi connectivity index (χ0n) is 6.12. The largest absolute Gasteiger partial charge is 0.492 e. The summed E-state index contributed by atoms with van der Waals surface area (Å²) in [6, 6.07) is 0. The Morgan fingerprint density at radius 1 is 1.55 bits per heavy atom. The molecule has 58 valence electrons. The fourth-order valence-corrected chi connectivity index (χ4v) is 1.61. The van der Waals surface area contributed by atoms with Crippen molar-refractivity contribution >= 4 is 17.1 Å². The Morgan fingerprint density at radius 2 is 2.55 bits per heavy atom. The molecule has 0 radical (unpaired) electrons. The molecule has 0 unspecified atom stereocenters. The van der Waals surface area contributed by atoms with Crippen LogP contribution in [-0.2, 0) is 4.74 Å². The fourth-order valence-electron chi connectivity index (χ4n) is 1.07. The molecule has 2 nitrogen and oxygen atoms in total. The smallest absolute Gasteiger partial charge is 0.141 e. The van der Waals surface area contributed by atoms with E-state index in [-0.39, 0.29) is 0 Å². The predicted molar refractivity (Wildman–Crippen MR) is 45.3 cm³/mol. The van der Waals surface area contributed by atoms with E-state index >= 15 is 0 Å². The summed E-state index contributed by atoms with van der Waals surface area (Å²) in [5, 5.41) is 2.01. The molecule has 2 rings (SSSR count). The van der Waals surface area contributed by atoms with Gasteiger partial charge in [-0.25, -0.2) is 4.98 Å². The molecule has 0 atom stereocenters. The maximum absolute atomic E-state index is 5.43. The predicted octanol–water partition coefficient (Wildman–Crippen LogP) is 2.29. The average molecular weight is 167 g/mol. The molecule has 0 saturated heterocycles. The van der Waals surface area contributed by atoms with Gasteiger partial charge in [0.2, 0.25) is 0 Å². The highest BCUT2D eigenvalue weighted by Gasteiger charge is 2.07. The van der Waals surface area contributed by atoms with Crippen molar-refractivity contribution in [3.05, 3.63) is 22.7 Å². The number of thiazole rings is 1. The Balaban J connectivity index is 2.22. The summed E-state index contributed by atoms with van der Waals surface area (Å²) >= 11 is 1.60. The van der Waals surface area contributed by atoms with E-state index in [4.69, 9.17) is 4.74 Å². The van der Waals surface area contributed by atoms with Crippen molar-refractivity contribution in [1.29, 1.82) is 0 Å². The fraction of sp³-hybridized carbons (Fsp3) is 0.375. The average Bonchev–Trinajstić information content (AvgIpc) is 2.58. The summed E-state index contributed by atoms with van der Waals surface area (Å²) in [7, 11) is 0. The van der Waals surface area contributed by atoms with Crippen LogP contribution in [0.15, 0.2) is 17.0 Å². The molecule has 11 heavy (non-hydrogen) atoms. The monoisotopic (exact) mass is 167 g/mol. The van der Waals surface area contributed by atoms with Gasteiger partial charge >= 0.3 is 0 Å². The van der Waals surface area contributed by atoms with Crippen molar-refractivity contribution in [3.8, 4) is 0 Å². The van der Waals surface area contributed by atoms with Gasteiger partial charge in [0.1, 0.15) is 11.5 Å². The van der Waals surface area contributed by atoms with Gasteiger partial charge in [-0.1, -0.05) is 0 Å². The second kappa shape index (κ2) is 3.05. The van der Waals surface area contributed by atoms with Crippen LogP contribution in [0.25, 0.3) is 5.76 Å². The highest BCUT2D eigenvalue weighted by atomic mass is 32.1. The molecular weight excluding hydrogens is 158 g/mol. The molecular formula is C8H9NOS. The van der Waals surface area contributed by atoms with E-state index in [1.54, 1.807) is 11.3 Å². The topological polar surface area (TPSA) is 22.1 Å². The quantitative estimate of drug-likeness (QED) is 0.640. The minimum Gasteiger partial charge on any atom is -0.492 e. The number of allylic oxidation sites excluding steroid dienone is 1. The van der Waals surface area contributed by atoms with Gasteiger partial charge in [-0.15, -0.1) is 11.3 Å². The van der Waals surface area contributed by atoms with E-state index in [0.717, 1.165) is 30.9 Å². The van der Waals surface area contributed by atoms with Crippen molar-refractivity contribution in [2.45, 2.75) is 12.8 Å². The molecule has 0 aliphatic carbocycles. The van der Waals surface area contributed by atoms with Crippen molar-refractivity contribution in [3.63, 3.8) is 0 Å². The van der Waals surface area contributed by atoms with Gasteiger partial charge in [0, 0.05) is 5.38 Å². The lowest BCUT2D eigenvalue weighted by Crippen LogP contribution is -2.00. The number of nitrogens with zero attached hydrogens (tertiary/aromatic N) is 1. The molecule has 1 aromatic rings. The van der Waals surface area contributed by atoms with Crippen LogP contribution >= 0.6 is 11.3 Å². The second-order valence-corrected chi connectivity index (χ2v) is 3.15. The summed E-state index contributed by atoms with van der Waals surface area (Å²) in [6.45, 7) is 0.837. The Labute approximate surface area is 69.5 Å². The van der Waals surface area contributed by atoms with Gasteiger partial charge in [0.25, 0.3) is 0 Å². The summed E-state index contributed by atoms with van der Waals surface area (Å²) < 4.78 is 5.43. The molecule has 0 spiro atoms. The van der Waals surface area contributed by atoms with Gasteiger partial charge in [0.15, 0.2) is 0 Å². The van der Waals surface area contributed by atoms with Crippen molar-refractivity contribution in [2.24, 2.45) is 0 Å². The lowest BCUT2D eigenvalue weighted by molar-refractivity contribution is 0.258. The Bertz CT molecular complexity index is 253. The number of ether oxygens (including phenoxy) is 1. The van der Waals surface area contributed by atoms with Crippen molar-refractivity contribution in [2.75, 3.05) is 6.61 Å². The summed E-state index contributed by atoms with van der Waals surface area (Å²) in [5.74, 6) is 0.956. The van der Waals surface area contributed by atoms with Crippen LogP contribution in [0.2, 0.25) is 0 Å². The molecule has 1 aliphatic rings. The maximum atomic E-state index is 5.43. The van der Waals surface area contributed by atoms with Crippen molar-refractivity contribution < 1.29 is 4.74 Å². The zero-order chi connectivity index (χ0) is 7.52. The molecule has 1 aromatic heterocycles. The van der Waals surface area contributed by atoms with Gasteiger partial charge in [-0.05, 0) is 18.9 Å². The first kappa shape index (κ1) is 6.85. The Morgan fingerprint density at radius 3 is 3.18 bits per heavy atom. The normalized spacial score (nSPS) is 17.3.